The molecule has 0 saturated carbocycles. The van der Waals surface area contributed by atoms with E-state index in [1.807, 2.05) is 13.8 Å². The van der Waals surface area contributed by atoms with Crippen LogP contribution in [0.5, 0.6) is 0 Å². The van der Waals surface area contributed by atoms with Crippen molar-refractivity contribution in [1.82, 2.24) is 15.5 Å². The highest BCUT2D eigenvalue weighted by molar-refractivity contribution is 5.12. The Bertz CT molecular complexity index is 394. The van der Waals surface area contributed by atoms with E-state index in [4.69, 9.17) is 4.52 Å². The highest BCUT2D eigenvalue weighted by Crippen LogP contribution is 2.38. The second kappa shape index (κ2) is 3.97. The Labute approximate surface area is 96.6 Å². The summed E-state index contributed by atoms with van der Waals surface area (Å²) in [6.45, 7) is 5.22. The molecule has 4 nitrogen and oxygen atoms in total. The molecule has 0 amide bonds. The van der Waals surface area contributed by atoms with E-state index in [0.717, 1.165) is 6.54 Å². The molecule has 1 aromatic rings. The molecule has 1 fully saturated rings. The Kier molecular flexibility index (Phi) is 2.89. The van der Waals surface area contributed by atoms with Crippen LogP contribution in [-0.4, -0.2) is 23.2 Å². The lowest BCUT2D eigenvalue weighted by atomic mass is 9.76. The van der Waals surface area contributed by atoms with Gasteiger partial charge in [0, 0.05) is 6.54 Å². The molecule has 96 valence electrons. The van der Waals surface area contributed by atoms with Crippen molar-refractivity contribution >= 4 is 0 Å². The van der Waals surface area contributed by atoms with Crippen LogP contribution >= 0.6 is 0 Å². The van der Waals surface area contributed by atoms with Crippen molar-refractivity contribution in [3.05, 3.63) is 11.7 Å². The molecule has 2 heterocycles. The first-order valence-corrected chi connectivity index (χ1v) is 5.48. The number of halogens is 3. The van der Waals surface area contributed by atoms with E-state index < -0.39 is 17.4 Å². The Morgan fingerprint density at radius 3 is 2.53 bits per heavy atom. The standard InChI is InChI=1S/C10H14F3N3O/c1-6(2)9(3-4-14-5-9)8-15-7(16-17-8)10(11,12)13/h6,14H,3-5H2,1-2H3. The van der Waals surface area contributed by atoms with Crippen molar-refractivity contribution in [1.29, 1.82) is 0 Å². The highest BCUT2D eigenvalue weighted by Gasteiger charge is 2.46. The molecule has 1 aliphatic heterocycles. The predicted molar refractivity (Wildman–Crippen MR) is 53.3 cm³/mol. The first kappa shape index (κ1) is 12.3. The highest BCUT2D eigenvalue weighted by atomic mass is 19.4. The molecular formula is C10H14F3N3O. The molecule has 1 aromatic heterocycles. The van der Waals surface area contributed by atoms with Gasteiger partial charge in [-0.2, -0.15) is 18.2 Å². The largest absolute Gasteiger partial charge is 0.455 e. The average molecular weight is 249 g/mol. The van der Waals surface area contributed by atoms with E-state index in [-0.39, 0.29) is 11.8 Å². The minimum atomic E-state index is -4.55. The number of rotatable bonds is 2. The molecule has 1 atom stereocenters. The van der Waals surface area contributed by atoms with Gasteiger partial charge in [-0.3, -0.25) is 0 Å². The summed E-state index contributed by atoms with van der Waals surface area (Å²) >= 11 is 0. The van der Waals surface area contributed by atoms with Crippen molar-refractivity contribution in [3.63, 3.8) is 0 Å². The van der Waals surface area contributed by atoms with Gasteiger partial charge >= 0.3 is 6.18 Å². The molecular weight excluding hydrogens is 235 g/mol. The first-order chi connectivity index (χ1) is 7.86. The van der Waals surface area contributed by atoms with E-state index >= 15 is 0 Å². The first-order valence-electron chi connectivity index (χ1n) is 5.48. The van der Waals surface area contributed by atoms with Gasteiger partial charge in [-0.15, -0.1) is 0 Å². The van der Waals surface area contributed by atoms with Gasteiger partial charge in [-0.25, -0.2) is 0 Å². The van der Waals surface area contributed by atoms with Crippen molar-refractivity contribution in [2.45, 2.75) is 31.9 Å². The van der Waals surface area contributed by atoms with Crippen LogP contribution in [0.3, 0.4) is 0 Å². The summed E-state index contributed by atoms with van der Waals surface area (Å²) in [5.74, 6) is -0.969. The lowest BCUT2D eigenvalue weighted by Crippen LogP contribution is -2.35. The van der Waals surface area contributed by atoms with Crippen molar-refractivity contribution in [3.8, 4) is 0 Å². The second-order valence-electron chi connectivity index (χ2n) is 4.66. The lowest BCUT2D eigenvalue weighted by molar-refractivity contribution is -0.146. The normalized spacial score (nSPS) is 25.8. The minimum absolute atomic E-state index is 0.0878. The summed E-state index contributed by atoms with van der Waals surface area (Å²) < 4.78 is 42.1. The monoisotopic (exact) mass is 249 g/mol. The van der Waals surface area contributed by atoms with Crippen LogP contribution in [0.4, 0.5) is 13.2 Å². The smallest absolute Gasteiger partial charge is 0.338 e. The Morgan fingerprint density at radius 1 is 1.41 bits per heavy atom. The molecule has 0 spiro atoms. The van der Waals surface area contributed by atoms with Crippen LogP contribution in [0.15, 0.2) is 4.52 Å². The van der Waals surface area contributed by atoms with Crippen LogP contribution in [0.2, 0.25) is 0 Å². The topological polar surface area (TPSA) is 51.0 Å². The fourth-order valence-corrected chi connectivity index (χ4v) is 2.17. The van der Waals surface area contributed by atoms with E-state index in [2.05, 4.69) is 15.5 Å². The van der Waals surface area contributed by atoms with Gasteiger partial charge < -0.3 is 9.84 Å². The predicted octanol–water partition coefficient (Wildman–Crippen LogP) is 1.98. The fourth-order valence-electron chi connectivity index (χ4n) is 2.17. The van der Waals surface area contributed by atoms with E-state index in [0.29, 0.717) is 13.0 Å². The molecule has 0 bridgehead atoms. The molecule has 2 rings (SSSR count). The summed E-state index contributed by atoms with van der Waals surface area (Å²) in [7, 11) is 0. The van der Waals surface area contributed by atoms with Crippen molar-refractivity contribution in [2.24, 2.45) is 5.92 Å². The van der Waals surface area contributed by atoms with Crippen LogP contribution in [0, 0.1) is 5.92 Å². The summed E-state index contributed by atoms with van der Waals surface area (Å²) in [6.07, 6.45) is -3.84. The zero-order chi connectivity index (χ0) is 12.7. The molecule has 1 saturated heterocycles. The molecule has 1 N–H and O–H groups in total. The Balaban J connectivity index is 2.35. The summed E-state index contributed by atoms with van der Waals surface area (Å²) in [4.78, 5) is 3.51. The number of nitrogens with zero attached hydrogens (tertiary/aromatic N) is 2. The molecule has 0 aromatic carbocycles. The number of nitrogens with one attached hydrogen (secondary N) is 1. The van der Waals surface area contributed by atoms with Gasteiger partial charge in [0.25, 0.3) is 5.82 Å². The average Bonchev–Trinajstić information content (AvgIpc) is 2.86. The quantitative estimate of drug-likeness (QED) is 0.870. The summed E-state index contributed by atoms with van der Waals surface area (Å²) in [6, 6.07) is 0. The maximum atomic E-state index is 12.4. The molecule has 0 aliphatic carbocycles. The molecule has 1 aliphatic rings. The summed E-state index contributed by atoms with van der Waals surface area (Å²) in [5, 5.41) is 6.15. The number of hydrogen-bond donors (Lipinski definition) is 1. The SMILES string of the molecule is CC(C)C1(c2nc(C(F)(F)F)no2)CCNC1. The van der Waals surface area contributed by atoms with Gasteiger partial charge in [-0.1, -0.05) is 19.0 Å². The van der Waals surface area contributed by atoms with Gasteiger partial charge in [-0.05, 0) is 18.9 Å². The molecule has 17 heavy (non-hydrogen) atoms. The van der Waals surface area contributed by atoms with Crippen LogP contribution in [0.1, 0.15) is 32.0 Å². The Morgan fingerprint density at radius 2 is 2.12 bits per heavy atom. The molecule has 7 heteroatoms. The summed E-state index contributed by atoms with van der Waals surface area (Å²) in [5.41, 5.74) is -0.476. The molecule has 0 radical (unpaired) electrons. The van der Waals surface area contributed by atoms with Crippen molar-refractivity contribution in [2.75, 3.05) is 13.1 Å². The number of hydrogen-bond acceptors (Lipinski definition) is 4. The zero-order valence-corrected chi connectivity index (χ0v) is 9.64. The van der Waals surface area contributed by atoms with Crippen LogP contribution in [0.25, 0.3) is 0 Å². The third-order valence-electron chi connectivity index (χ3n) is 3.40. The number of aromatic nitrogens is 2. The third-order valence-corrected chi connectivity index (χ3v) is 3.40. The van der Waals surface area contributed by atoms with Gasteiger partial charge in [0.1, 0.15) is 0 Å². The zero-order valence-electron chi connectivity index (χ0n) is 9.64. The van der Waals surface area contributed by atoms with E-state index in [1.54, 1.807) is 0 Å². The maximum absolute atomic E-state index is 12.4. The third kappa shape index (κ3) is 2.03. The molecule has 1 unspecified atom stereocenters. The van der Waals surface area contributed by atoms with E-state index in [1.165, 1.54) is 0 Å². The van der Waals surface area contributed by atoms with Gasteiger partial charge in [0.2, 0.25) is 5.89 Å². The van der Waals surface area contributed by atoms with E-state index in [9.17, 15) is 13.2 Å². The van der Waals surface area contributed by atoms with Crippen LogP contribution < -0.4 is 5.32 Å². The van der Waals surface area contributed by atoms with Gasteiger partial charge in [0.05, 0.1) is 5.41 Å². The minimum Gasteiger partial charge on any atom is -0.338 e. The second-order valence-corrected chi connectivity index (χ2v) is 4.66. The fraction of sp³-hybridized carbons (Fsp3) is 0.800. The Hall–Kier alpha value is -1.11. The van der Waals surface area contributed by atoms with Crippen LogP contribution in [-0.2, 0) is 11.6 Å². The lowest BCUT2D eigenvalue weighted by Gasteiger charge is -2.27. The van der Waals surface area contributed by atoms with Gasteiger partial charge in [0.15, 0.2) is 0 Å². The maximum Gasteiger partial charge on any atom is 0.455 e. The van der Waals surface area contributed by atoms with Crippen molar-refractivity contribution < 1.29 is 17.7 Å². The number of alkyl halides is 3.